The number of allylic oxidation sites excluding steroid dienone is 2. The molecule has 0 bridgehead atoms. The minimum absolute atomic E-state index is 0.0628. The Morgan fingerprint density at radius 3 is 2.76 bits per heavy atom. The van der Waals surface area contributed by atoms with E-state index in [0.29, 0.717) is 5.92 Å². The first kappa shape index (κ1) is 20.3. The molecule has 3 unspecified atom stereocenters. The lowest BCUT2D eigenvalue weighted by molar-refractivity contribution is 0.215. The van der Waals surface area contributed by atoms with E-state index in [2.05, 4.69) is 53.0 Å². The number of hydrogen-bond acceptors (Lipinski definition) is 4. The summed E-state index contributed by atoms with van der Waals surface area (Å²) < 4.78 is 0. The van der Waals surface area contributed by atoms with Gasteiger partial charge in [-0.25, -0.2) is 0 Å². The van der Waals surface area contributed by atoms with Gasteiger partial charge in [0.2, 0.25) is 6.19 Å². The monoisotopic (exact) mass is 392 g/mol. The highest BCUT2D eigenvalue weighted by molar-refractivity contribution is 6.04. The summed E-state index contributed by atoms with van der Waals surface area (Å²) >= 11 is 0. The summed E-state index contributed by atoms with van der Waals surface area (Å²) in [6, 6.07) is 0.172. The molecule has 0 aromatic carbocycles. The summed E-state index contributed by atoms with van der Waals surface area (Å²) in [7, 11) is 0. The van der Waals surface area contributed by atoms with E-state index in [4.69, 9.17) is 4.99 Å². The van der Waals surface area contributed by atoms with E-state index in [1.54, 1.807) is 0 Å². The second-order valence-electron chi connectivity index (χ2n) is 8.92. The van der Waals surface area contributed by atoms with Crippen molar-refractivity contribution in [3.63, 3.8) is 0 Å². The molecular formula is C24H34N5. The summed E-state index contributed by atoms with van der Waals surface area (Å²) in [5.74, 6) is 1.65. The van der Waals surface area contributed by atoms with Crippen molar-refractivity contribution in [2.45, 2.75) is 76.9 Å². The molecule has 29 heavy (non-hydrogen) atoms. The number of aliphatic imine (C=N–C) groups is 2. The third kappa shape index (κ3) is 4.19. The van der Waals surface area contributed by atoms with Crippen LogP contribution in [0.4, 0.5) is 0 Å². The Bertz CT molecular complexity index is 735. The Morgan fingerprint density at radius 1 is 1.24 bits per heavy atom. The van der Waals surface area contributed by atoms with Gasteiger partial charge in [0.1, 0.15) is 12.0 Å². The molecule has 3 atom stereocenters. The van der Waals surface area contributed by atoms with Crippen molar-refractivity contribution in [3.8, 4) is 6.19 Å². The maximum atomic E-state index is 9.54. The van der Waals surface area contributed by atoms with Gasteiger partial charge in [0.15, 0.2) is 0 Å². The van der Waals surface area contributed by atoms with Gasteiger partial charge in [0.25, 0.3) is 0 Å². The molecule has 0 aromatic rings. The van der Waals surface area contributed by atoms with Crippen molar-refractivity contribution < 1.29 is 0 Å². The van der Waals surface area contributed by atoms with Gasteiger partial charge in [-0.3, -0.25) is 10.3 Å². The van der Waals surface area contributed by atoms with Gasteiger partial charge in [0, 0.05) is 13.1 Å². The van der Waals surface area contributed by atoms with Crippen LogP contribution in [0.1, 0.15) is 64.7 Å². The molecular weight excluding hydrogens is 358 g/mol. The van der Waals surface area contributed by atoms with Gasteiger partial charge >= 0.3 is 0 Å². The Balaban J connectivity index is 1.57. The van der Waals surface area contributed by atoms with E-state index in [9.17, 15) is 5.26 Å². The zero-order valence-electron chi connectivity index (χ0n) is 17.7. The molecule has 0 amide bonds. The van der Waals surface area contributed by atoms with Gasteiger partial charge < -0.3 is 4.90 Å². The van der Waals surface area contributed by atoms with Gasteiger partial charge in [0.05, 0.1) is 17.2 Å². The van der Waals surface area contributed by atoms with Gasteiger partial charge in [-0.05, 0) is 44.1 Å². The summed E-state index contributed by atoms with van der Waals surface area (Å²) in [6.45, 7) is 4.20. The first-order chi connectivity index (χ1) is 14.3. The van der Waals surface area contributed by atoms with Crippen LogP contribution in [0.3, 0.4) is 0 Å². The van der Waals surface area contributed by atoms with Crippen LogP contribution >= 0.6 is 0 Å². The van der Waals surface area contributed by atoms with E-state index in [-0.39, 0.29) is 17.6 Å². The molecule has 1 saturated heterocycles. The van der Waals surface area contributed by atoms with E-state index >= 15 is 0 Å². The van der Waals surface area contributed by atoms with Crippen LogP contribution < -0.4 is 5.32 Å². The number of nitriles is 1. The number of rotatable bonds is 4. The Kier molecular flexibility index (Phi) is 6.50. The molecule has 2 heterocycles. The standard InChI is InChI=1S/C24H34N5/c1-2-24(22-27-20-13-8-9-14-21(20)28-22)15-10-16-29(23(24)26-18-25)17-19-11-6-4-3-5-7-12-19/h8-9,13-15,19-20,22,27H,2-7,10-12,16-17H2,1H3. The van der Waals surface area contributed by atoms with E-state index in [0.717, 1.165) is 37.5 Å². The molecule has 0 spiro atoms. The third-order valence-corrected chi connectivity index (χ3v) is 7.17. The smallest absolute Gasteiger partial charge is 0.207 e. The van der Waals surface area contributed by atoms with Gasteiger partial charge in [-0.1, -0.05) is 57.3 Å². The molecule has 1 N–H and O–H groups in total. The number of likely N-dealkylation sites (tertiary alicyclic amines) is 1. The van der Waals surface area contributed by atoms with Crippen molar-refractivity contribution in [1.29, 1.82) is 5.26 Å². The number of nitrogens with one attached hydrogen (secondary N) is 1. The molecule has 155 valence electrons. The highest BCUT2D eigenvalue weighted by Crippen LogP contribution is 2.41. The van der Waals surface area contributed by atoms with Crippen molar-refractivity contribution in [2.24, 2.45) is 21.3 Å². The van der Waals surface area contributed by atoms with Crippen LogP contribution in [0.15, 0.2) is 34.3 Å². The number of piperidine rings is 1. The predicted molar refractivity (Wildman–Crippen MR) is 118 cm³/mol. The van der Waals surface area contributed by atoms with Gasteiger partial charge in [-0.15, -0.1) is 0 Å². The molecule has 5 heteroatoms. The van der Waals surface area contributed by atoms with Gasteiger partial charge in [-0.2, -0.15) is 10.3 Å². The molecule has 2 aliphatic heterocycles. The van der Waals surface area contributed by atoms with Crippen molar-refractivity contribution in [1.82, 2.24) is 10.2 Å². The number of nitrogens with zero attached hydrogens (tertiary/aromatic N) is 4. The summed E-state index contributed by atoms with van der Waals surface area (Å²) in [5.41, 5.74) is 0.772. The fraction of sp³-hybridized carbons (Fsp3) is 0.667. The minimum atomic E-state index is -0.318. The summed E-state index contributed by atoms with van der Waals surface area (Å²) in [6.07, 6.45) is 24.2. The number of amidine groups is 1. The highest BCUT2D eigenvalue weighted by Gasteiger charge is 2.49. The van der Waals surface area contributed by atoms with E-state index < -0.39 is 0 Å². The van der Waals surface area contributed by atoms with E-state index in [1.807, 2.05) is 6.08 Å². The quantitative estimate of drug-likeness (QED) is 0.721. The lowest BCUT2D eigenvalue weighted by atomic mass is 9.73. The molecule has 4 aliphatic rings. The molecule has 2 aliphatic carbocycles. The lowest BCUT2D eigenvalue weighted by Crippen LogP contribution is -2.58. The molecule has 1 radical (unpaired) electrons. The van der Waals surface area contributed by atoms with Crippen LogP contribution in [0, 0.1) is 29.2 Å². The normalized spacial score (nSPS) is 34.4. The second kappa shape index (κ2) is 9.26. The van der Waals surface area contributed by atoms with Crippen molar-refractivity contribution in [2.75, 3.05) is 13.1 Å². The van der Waals surface area contributed by atoms with Crippen LogP contribution in [0.25, 0.3) is 0 Å². The molecule has 0 aromatic heterocycles. The second-order valence-corrected chi connectivity index (χ2v) is 8.92. The highest BCUT2D eigenvalue weighted by atomic mass is 15.3. The fourth-order valence-corrected chi connectivity index (χ4v) is 5.55. The zero-order chi connectivity index (χ0) is 20.1. The number of fused-ring (bicyclic) bond motifs is 1. The van der Waals surface area contributed by atoms with Crippen LogP contribution in [0.5, 0.6) is 0 Å². The van der Waals surface area contributed by atoms with Crippen molar-refractivity contribution in [3.05, 3.63) is 30.7 Å². The zero-order valence-corrected chi connectivity index (χ0v) is 17.7. The average molecular weight is 393 g/mol. The van der Waals surface area contributed by atoms with Crippen LogP contribution in [-0.4, -0.2) is 41.7 Å². The SMILES string of the molecule is CCC1(C2N=C3C=CC=CC3N2)[CH]CCN(CC2CCCCCCC2)C1=NC#N. The Morgan fingerprint density at radius 2 is 2.03 bits per heavy atom. The van der Waals surface area contributed by atoms with Crippen molar-refractivity contribution >= 4 is 11.5 Å². The summed E-state index contributed by atoms with van der Waals surface area (Å²) in [5, 5.41) is 13.2. The predicted octanol–water partition coefficient (Wildman–Crippen LogP) is 4.40. The largest absolute Gasteiger partial charge is 0.358 e. The average Bonchev–Trinajstić information content (AvgIpc) is 3.16. The van der Waals surface area contributed by atoms with E-state index in [1.165, 1.54) is 44.9 Å². The molecule has 5 nitrogen and oxygen atoms in total. The molecule has 4 rings (SSSR count). The maximum absolute atomic E-state index is 9.54. The minimum Gasteiger partial charge on any atom is -0.358 e. The lowest BCUT2D eigenvalue weighted by Gasteiger charge is -2.47. The topological polar surface area (TPSA) is 63.8 Å². The first-order valence-electron chi connectivity index (χ1n) is 11.5. The third-order valence-electron chi connectivity index (χ3n) is 7.17. The Hall–Kier alpha value is -1.93. The maximum Gasteiger partial charge on any atom is 0.207 e. The fourth-order valence-electron chi connectivity index (χ4n) is 5.55. The molecule has 1 saturated carbocycles. The van der Waals surface area contributed by atoms with Crippen LogP contribution in [0.2, 0.25) is 0 Å². The molecule has 2 fully saturated rings. The Labute approximate surface area is 175 Å². The summed E-state index contributed by atoms with van der Waals surface area (Å²) in [4.78, 5) is 11.9. The van der Waals surface area contributed by atoms with Crippen LogP contribution in [-0.2, 0) is 0 Å². The number of hydrogen-bond donors (Lipinski definition) is 1. The first-order valence-corrected chi connectivity index (χ1v) is 11.5.